The van der Waals surface area contributed by atoms with Crippen LogP contribution in [0.2, 0.25) is 0 Å². The van der Waals surface area contributed by atoms with Crippen LogP contribution in [0.1, 0.15) is 23.8 Å². The molecule has 2 N–H and O–H groups in total. The smallest absolute Gasteiger partial charge is 0.274 e. The van der Waals surface area contributed by atoms with E-state index in [2.05, 4.69) is 4.98 Å². The number of hydrogen-bond acceptors (Lipinski definition) is 4. The standard InChI is InChI=1S/C13H23N5O2/c1-4-6-18(9-12(19)16(2)3)13(20)11-8-17(7-5-14)10-15-11/h8,10H,4-7,9,14H2,1-3H3. The Morgan fingerprint density at radius 2 is 2.10 bits per heavy atom. The molecule has 1 aromatic rings. The number of carbonyl (C=O) groups is 2. The first-order valence-electron chi connectivity index (χ1n) is 6.70. The van der Waals surface area contributed by atoms with Crippen LogP contribution in [-0.4, -0.2) is 64.9 Å². The lowest BCUT2D eigenvalue weighted by Crippen LogP contribution is -2.40. The second-order valence-corrected chi connectivity index (χ2v) is 4.80. The second kappa shape index (κ2) is 7.64. The lowest BCUT2D eigenvalue weighted by molar-refractivity contribution is -0.129. The Labute approximate surface area is 119 Å². The number of nitrogens with two attached hydrogens (primary N) is 1. The number of aromatic nitrogens is 2. The van der Waals surface area contributed by atoms with Crippen molar-refractivity contribution in [3.05, 3.63) is 18.2 Å². The number of amides is 2. The molecule has 1 heterocycles. The predicted molar refractivity (Wildman–Crippen MR) is 76.2 cm³/mol. The first kappa shape index (κ1) is 16.2. The molecule has 0 saturated carbocycles. The summed E-state index contributed by atoms with van der Waals surface area (Å²) in [5, 5.41) is 0. The molecule has 0 aromatic carbocycles. The average molecular weight is 281 g/mol. The van der Waals surface area contributed by atoms with E-state index >= 15 is 0 Å². The minimum atomic E-state index is -0.224. The second-order valence-electron chi connectivity index (χ2n) is 4.80. The summed E-state index contributed by atoms with van der Waals surface area (Å²) in [6, 6.07) is 0. The van der Waals surface area contributed by atoms with E-state index in [0.717, 1.165) is 6.42 Å². The van der Waals surface area contributed by atoms with Gasteiger partial charge in [0.1, 0.15) is 12.2 Å². The van der Waals surface area contributed by atoms with Gasteiger partial charge < -0.3 is 20.1 Å². The van der Waals surface area contributed by atoms with Crippen molar-refractivity contribution in [2.24, 2.45) is 5.73 Å². The molecule has 2 amide bonds. The zero-order valence-corrected chi connectivity index (χ0v) is 12.4. The predicted octanol–water partition coefficient (Wildman–Crippen LogP) is -0.218. The van der Waals surface area contributed by atoms with E-state index in [1.54, 1.807) is 31.2 Å². The van der Waals surface area contributed by atoms with Gasteiger partial charge in [0.05, 0.1) is 6.33 Å². The molecule has 0 aliphatic rings. The van der Waals surface area contributed by atoms with Crippen LogP contribution in [0.25, 0.3) is 0 Å². The number of likely N-dealkylation sites (N-methyl/N-ethyl adjacent to an activating group) is 1. The van der Waals surface area contributed by atoms with Crippen LogP contribution >= 0.6 is 0 Å². The van der Waals surface area contributed by atoms with Gasteiger partial charge in [-0.2, -0.15) is 0 Å². The fraction of sp³-hybridized carbons (Fsp3) is 0.615. The van der Waals surface area contributed by atoms with Gasteiger partial charge >= 0.3 is 0 Å². The third-order valence-electron chi connectivity index (χ3n) is 2.85. The van der Waals surface area contributed by atoms with Gasteiger partial charge in [-0.15, -0.1) is 0 Å². The third kappa shape index (κ3) is 4.34. The molecule has 0 fully saturated rings. The van der Waals surface area contributed by atoms with Crippen molar-refractivity contribution in [2.45, 2.75) is 19.9 Å². The van der Waals surface area contributed by atoms with Gasteiger partial charge in [0.25, 0.3) is 5.91 Å². The summed E-state index contributed by atoms with van der Waals surface area (Å²) in [5.41, 5.74) is 5.80. The van der Waals surface area contributed by atoms with Crippen molar-refractivity contribution in [3.8, 4) is 0 Å². The number of nitrogens with zero attached hydrogens (tertiary/aromatic N) is 4. The molecule has 20 heavy (non-hydrogen) atoms. The minimum Gasteiger partial charge on any atom is -0.347 e. The first-order valence-corrected chi connectivity index (χ1v) is 6.70. The van der Waals surface area contributed by atoms with Crippen LogP contribution in [0.5, 0.6) is 0 Å². The SMILES string of the molecule is CCCN(CC(=O)N(C)C)C(=O)c1cn(CCN)cn1. The van der Waals surface area contributed by atoms with Crippen LogP contribution in [0, 0.1) is 0 Å². The fourth-order valence-corrected chi connectivity index (χ4v) is 1.73. The molecular weight excluding hydrogens is 258 g/mol. The van der Waals surface area contributed by atoms with E-state index in [4.69, 9.17) is 5.73 Å². The number of carbonyl (C=O) groups excluding carboxylic acids is 2. The molecule has 7 heteroatoms. The zero-order chi connectivity index (χ0) is 15.1. The van der Waals surface area contributed by atoms with Crippen LogP contribution < -0.4 is 5.73 Å². The molecule has 112 valence electrons. The molecule has 0 atom stereocenters. The van der Waals surface area contributed by atoms with Crippen LogP contribution in [0.3, 0.4) is 0 Å². The summed E-state index contributed by atoms with van der Waals surface area (Å²) in [6.07, 6.45) is 4.03. The topological polar surface area (TPSA) is 84.5 Å². The van der Waals surface area contributed by atoms with Crippen molar-refractivity contribution in [1.29, 1.82) is 0 Å². The minimum absolute atomic E-state index is 0.0728. The highest BCUT2D eigenvalue weighted by Crippen LogP contribution is 2.04. The molecule has 0 aliphatic heterocycles. The van der Waals surface area contributed by atoms with Crippen LogP contribution in [-0.2, 0) is 11.3 Å². The first-order chi connectivity index (χ1) is 9.49. The molecule has 0 saturated heterocycles. The molecule has 7 nitrogen and oxygen atoms in total. The maximum Gasteiger partial charge on any atom is 0.274 e. The van der Waals surface area contributed by atoms with Crippen molar-refractivity contribution >= 4 is 11.8 Å². The van der Waals surface area contributed by atoms with Crippen molar-refractivity contribution in [3.63, 3.8) is 0 Å². The molecule has 0 aliphatic carbocycles. The van der Waals surface area contributed by atoms with E-state index in [1.807, 2.05) is 6.92 Å². The molecule has 1 rings (SSSR count). The van der Waals surface area contributed by atoms with E-state index in [-0.39, 0.29) is 18.4 Å². The van der Waals surface area contributed by atoms with Crippen LogP contribution in [0.4, 0.5) is 0 Å². The molecule has 0 spiro atoms. The van der Waals surface area contributed by atoms with Gasteiger partial charge in [-0.25, -0.2) is 4.98 Å². The molecule has 0 unspecified atom stereocenters. The molecule has 0 radical (unpaired) electrons. The Morgan fingerprint density at radius 1 is 1.40 bits per heavy atom. The third-order valence-corrected chi connectivity index (χ3v) is 2.85. The van der Waals surface area contributed by atoms with E-state index < -0.39 is 0 Å². The van der Waals surface area contributed by atoms with Crippen molar-refractivity contribution in [1.82, 2.24) is 19.4 Å². The van der Waals surface area contributed by atoms with Gasteiger partial charge in [0, 0.05) is 39.9 Å². The quantitative estimate of drug-likeness (QED) is 0.749. The molecular formula is C13H23N5O2. The summed E-state index contributed by atoms with van der Waals surface area (Å²) < 4.78 is 1.77. The molecule has 1 aromatic heterocycles. The Morgan fingerprint density at radius 3 is 2.65 bits per heavy atom. The largest absolute Gasteiger partial charge is 0.347 e. The van der Waals surface area contributed by atoms with Crippen molar-refractivity contribution in [2.75, 3.05) is 33.7 Å². The Kier molecular flexibility index (Phi) is 6.17. The summed E-state index contributed by atoms with van der Waals surface area (Å²) in [6.45, 7) is 3.67. The maximum atomic E-state index is 12.4. The Hall–Kier alpha value is -1.89. The highest BCUT2D eigenvalue weighted by molar-refractivity contribution is 5.94. The highest BCUT2D eigenvalue weighted by atomic mass is 16.2. The van der Waals surface area contributed by atoms with E-state index in [9.17, 15) is 9.59 Å². The summed E-state index contributed by atoms with van der Waals surface area (Å²) >= 11 is 0. The lowest BCUT2D eigenvalue weighted by atomic mass is 10.3. The normalized spacial score (nSPS) is 10.4. The van der Waals surface area contributed by atoms with Gasteiger partial charge in [0.2, 0.25) is 5.91 Å². The Balaban J connectivity index is 2.78. The summed E-state index contributed by atoms with van der Waals surface area (Å²) in [5.74, 6) is -0.328. The number of imidazole rings is 1. The van der Waals surface area contributed by atoms with E-state index in [1.165, 1.54) is 9.80 Å². The van der Waals surface area contributed by atoms with Crippen molar-refractivity contribution < 1.29 is 9.59 Å². The average Bonchev–Trinajstić information content (AvgIpc) is 2.86. The summed E-state index contributed by atoms with van der Waals surface area (Å²) in [7, 11) is 3.35. The highest BCUT2D eigenvalue weighted by Gasteiger charge is 2.20. The molecule has 0 bridgehead atoms. The van der Waals surface area contributed by atoms with E-state index in [0.29, 0.717) is 25.3 Å². The van der Waals surface area contributed by atoms with Gasteiger partial charge in [-0.3, -0.25) is 9.59 Å². The summed E-state index contributed by atoms with van der Waals surface area (Å²) in [4.78, 5) is 31.2. The van der Waals surface area contributed by atoms with Gasteiger partial charge in [-0.05, 0) is 6.42 Å². The monoisotopic (exact) mass is 281 g/mol. The zero-order valence-electron chi connectivity index (χ0n) is 12.4. The Bertz CT molecular complexity index is 455. The van der Waals surface area contributed by atoms with Gasteiger partial charge in [0.15, 0.2) is 0 Å². The number of rotatable bonds is 7. The van der Waals surface area contributed by atoms with Crippen LogP contribution in [0.15, 0.2) is 12.5 Å². The maximum absolute atomic E-state index is 12.4. The van der Waals surface area contributed by atoms with Gasteiger partial charge in [-0.1, -0.05) is 6.92 Å². The lowest BCUT2D eigenvalue weighted by Gasteiger charge is -2.22. The number of hydrogen-bond donors (Lipinski definition) is 1. The fourth-order valence-electron chi connectivity index (χ4n) is 1.73.